The molecule has 4 aromatic rings. The van der Waals surface area contributed by atoms with Crippen molar-refractivity contribution in [2.45, 2.75) is 104 Å². The summed E-state index contributed by atoms with van der Waals surface area (Å²) in [5.74, 6) is 0.642. The zero-order valence-electron chi connectivity index (χ0n) is 35.0. The number of likely N-dealkylation sites (tertiary alicyclic amines) is 1. The Labute approximate surface area is 344 Å². The number of pyridine rings is 1. The molecule has 2 aromatic heterocycles. The van der Waals surface area contributed by atoms with E-state index in [2.05, 4.69) is 94.9 Å². The molecule has 1 saturated carbocycles. The molecular formula is C47H61N7O4. The van der Waals surface area contributed by atoms with Crippen LogP contribution in [0, 0.1) is 11.8 Å². The number of methoxy groups -OCH3 is 1. The van der Waals surface area contributed by atoms with Crippen LogP contribution in [-0.4, -0.2) is 63.5 Å². The van der Waals surface area contributed by atoms with Gasteiger partial charge in [0.15, 0.2) is 0 Å². The van der Waals surface area contributed by atoms with Crippen LogP contribution in [0.3, 0.4) is 0 Å². The lowest BCUT2D eigenvalue weighted by Crippen LogP contribution is -2.53. The number of allylic oxidation sites excluding steroid dienone is 1. The van der Waals surface area contributed by atoms with Gasteiger partial charge >= 0.3 is 6.09 Å². The van der Waals surface area contributed by atoms with Gasteiger partial charge in [0, 0.05) is 48.7 Å². The quantitative estimate of drug-likeness (QED) is 0.106. The Morgan fingerprint density at radius 3 is 2.26 bits per heavy atom. The van der Waals surface area contributed by atoms with Crippen molar-refractivity contribution in [1.29, 1.82) is 0 Å². The average Bonchev–Trinajstić information content (AvgIpc) is 3.96. The number of H-pyrrole nitrogens is 1. The van der Waals surface area contributed by atoms with Crippen LogP contribution in [0.15, 0.2) is 97.6 Å². The topological polar surface area (TPSA) is 141 Å². The number of ether oxygens (including phenoxy) is 1. The van der Waals surface area contributed by atoms with Crippen molar-refractivity contribution in [1.82, 2.24) is 35.8 Å². The third-order valence-electron chi connectivity index (χ3n) is 10.9. The van der Waals surface area contributed by atoms with Gasteiger partial charge in [-0.05, 0) is 72.4 Å². The first kappa shape index (κ1) is 43.4. The van der Waals surface area contributed by atoms with Crippen LogP contribution in [0.2, 0.25) is 0 Å². The SMILES string of the molecule is C=C(N/C(=C\C)c1ccc(-c2ccc(-c3cnc([C@@H]4CCCCC4C(=O)NCc4cccnc4)[nH]3)cc2)cc1)C1CCCN1C(=O)C(NC(=O)OC)C(C)C.CCC. The molecule has 1 aliphatic heterocycles. The Kier molecular flexibility index (Phi) is 15.8. The van der Waals surface area contributed by atoms with Gasteiger partial charge < -0.3 is 30.6 Å². The monoisotopic (exact) mass is 787 g/mol. The predicted octanol–water partition coefficient (Wildman–Crippen LogP) is 8.98. The number of nitrogens with one attached hydrogen (secondary N) is 4. The molecule has 6 rings (SSSR count). The fraction of sp³-hybridized carbons (Fsp3) is 0.426. The van der Waals surface area contributed by atoms with Crippen molar-refractivity contribution in [3.8, 4) is 22.4 Å². The minimum Gasteiger partial charge on any atom is -0.453 e. The van der Waals surface area contributed by atoms with Crippen LogP contribution < -0.4 is 16.0 Å². The minimum atomic E-state index is -0.682. The molecule has 4 atom stereocenters. The van der Waals surface area contributed by atoms with E-state index < -0.39 is 12.1 Å². The zero-order valence-corrected chi connectivity index (χ0v) is 35.0. The van der Waals surface area contributed by atoms with Crippen molar-refractivity contribution in [3.63, 3.8) is 0 Å². The first-order chi connectivity index (χ1) is 28.1. The highest BCUT2D eigenvalue weighted by atomic mass is 16.5. The first-order valence-electron chi connectivity index (χ1n) is 20.8. The van der Waals surface area contributed by atoms with E-state index in [-0.39, 0.29) is 35.6 Å². The summed E-state index contributed by atoms with van der Waals surface area (Å²) in [6.45, 7) is 15.4. The summed E-state index contributed by atoms with van der Waals surface area (Å²) in [5.41, 5.74) is 7.78. The molecule has 3 heterocycles. The number of nitrogens with zero attached hydrogens (tertiary/aromatic N) is 3. The molecule has 1 aliphatic carbocycles. The highest BCUT2D eigenvalue weighted by Crippen LogP contribution is 2.38. The predicted molar refractivity (Wildman–Crippen MR) is 231 cm³/mol. The maximum absolute atomic E-state index is 13.6. The van der Waals surface area contributed by atoms with Gasteiger partial charge in [-0.15, -0.1) is 0 Å². The molecule has 58 heavy (non-hydrogen) atoms. The third-order valence-corrected chi connectivity index (χ3v) is 10.9. The van der Waals surface area contributed by atoms with E-state index in [4.69, 9.17) is 9.72 Å². The van der Waals surface area contributed by atoms with Crippen molar-refractivity contribution >= 4 is 23.6 Å². The van der Waals surface area contributed by atoms with E-state index in [0.717, 1.165) is 89.3 Å². The van der Waals surface area contributed by atoms with Gasteiger partial charge in [0.25, 0.3) is 0 Å². The standard InChI is InChI=1S/C44H53N7O4.C3H8/c1-6-37(48-29(4)39-14-10-24-51(39)43(53)40(28(2)3)50-44(54)55-5)33-19-15-31(16-20-33)32-17-21-34(22-18-32)38-27-46-41(49-38)35-12-7-8-13-36(35)42(52)47-26-30-11-9-23-45-25-30;1-3-2/h6,9,11,15-23,25,27-28,35-36,39-40,48H,4,7-8,10,12-14,24,26H2,1-3,5H3,(H,46,49)(H,47,52)(H,50,54);3H2,1-2H3/b37-6-;/t35-,36?,39?,40?;/m1./s1. The van der Waals surface area contributed by atoms with Crippen LogP contribution in [0.25, 0.3) is 28.1 Å². The highest BCUT2D eigenvalue weighted by molar-refractivity contribution is 5.87. The Bertz CT molecular complexity index is 1990. The average molecular weight is 788 g/mol. The van der Waals surface area contributed by atoms with Crippen molar-refractivity contribution in [2.24, 2.45) is 11.8 Å². The molecule has 308 valence electrons. The number of aromatic amines is 1. The number of alkyl carbamates (subject to hydrolysis) is 1. The van der Waals surface area contributed by atoms with Crippen LogP contribution in [0.4, 0.5) is 4.79 Å². The Morgan fingerprint density at radius 2 is 1.62 bits per heavy atom. The molecule has 3 unspecified atom stereocenters. The molecule has 4 N–H and O–H groups in total. The summed E-state index contributed by atoms with van der Waals surface area (Å²) in [7, 11) is 1.30. The van der Waals surface area contributed by atoms with E-state index in [1.165, 1.54) is 13.5 Å². The first-order valence-corrected chi connectivity index (χ1v) is 20.8. The molecule has 0 radical (unpaired) electrons. The van der Waals surface area contributed by atoms with E-state index in [1.54, 1.807) is 12.4 Å². The van der Waals surface area contributed by atoms with Gasteiger partial charge in [0.1, 0.15) is 11.9 Å². The van der Waals surface area contributed by atoms with Gasteiger partial charge in [-0.1, -0.05) is 114 Å². The highest BCUT2D eigenvalue weighted by Gasteiger charge is 2.37. The molecule has 2 aromatic carbocycles. The summed E-state index contributed by atoms with van der Waals surface area (Å²) in [4.78, 5) is 53.1. The Balaban J connectivity index is 0.00000207. The number of hydrogen-bond acceptors (Lipinski definition) is 7. The number of rotatable bonds is 13. The summed E-state index contributed by atoms with van der Waals surface area (Å²) in [5, 5.41) is 9.31. The lowest BCUT2D eigenvalue weighted by atomic mass is 9.78. The van der Waals surface area contributed by atoms with Crippen LogP contribution in [0.1, 0.15) is 102 Å². The zero-order chi connectivity index (χ0) is 41.6. The lowest BCUT2D eigenvalue weighted by Gasteiger charge is -2.32. The number of imidazole rings is 1. The van der Waals surface area contributed by atoms with E-state index in [0.29, 0.717) is 13.1 Å². The summed E-state index contributed by atoms with van der Waals surface area (Å²) in [6.07, 6.45) is 13.6. The maximum Gasteiger partial charge on any atom is 0.407 e. The fourth-order valence-corrected chi connectivity index (χ4v) is 7.79. The molecule has 11 heteroatoms. The van der Waals surface area contributed by atoms with E-state index in [1.807, 2.05) is 50.1 Å². The lowest BCUT2D eigenvalue weighted by molar-refractivity contribution is -0.134. The normalized spacial score (nSPS) is 18.4. The van der Waals surface area contributed by atoms with Gasteiger partial charge in [-0.25, -0.2) is 9.78 Å². The molecule has 2 aliphatic rings. The van der Waals surface area contributed by atoms with Crippen LogP contribution in [-0.2, 0) is 20.9 Å². The van der Waals surface area contributed by atoms with Gasteiger partial charge in [-0.2, -0.15) is 0 Å². The largest absolute Gasteiger partial charge is 0.453 e. The van der Waals surface area contributed by atoms with Gasteiger partial charge in [-0.3, -0.25) is 14.6 Å². The molecule has 1 saturated heterocycles. The smallest absolute Gasteiger partial charge is 0.407 e. The number of benzene rings is 2. The Hall–Kier alpha value is -5.71. The molecule has 11 nitrogen and oxygen atoms in total. The van der Waals surface area contributed by atoms with Crippen LogP contribution >= 0.6 is 0 Å². The van der Waals surface area contributed by atoms with E-state index >= 15 is 0 Å². The van der Waals surface area contributed by atoms with Crippen molar-refractivity contribution in [2.75, 3.05) is 13.7 Å². The molecule has 2 fully saturated rings. The second-order valence-electron chi connectivity index (χ2n) is 15.5. The molecule has 0 bridgehead atoms. The fourth-order valence-electron chi connectivity index (χ4n) is 7.79. The van der Waals surface area contributed by atoms with E-state index in [9.17, 15) is 14.4 Å². The minimum absolute atomic E-state index is 0.0510. The number of hydrogen-bond donors (Lipinski definition) is 4. The third kappa shape index (κ3) is 11.0. The molecular weight excluding hydrogens is 727 g/mol. The number of carbonyl (C=O) groups is 3. The second-order valence-corrected chi connectivity index (χ2v) is 15.5. The van der Waals surface area contributed by atoms with Gasteiger partial charge in [0.2, 0.25) is 11.8 Å². The summed E-state index contributed by atoms with van der Waals surface area (Å²) >= 11 is 0. The summed E-state index contributed by atoms with van der Waals surface area (Å²) < 4.78 is 4.77. The van der Waals surface area contributed by atoms with Gasteiger partial charge in [0.05, 0.1) is 25.0 Å². The second kappa shape index (κ2) is 21.2. The maximum atomic E-state index is 13.6. The molecule has 3 amide bonds. The van der Waals surface area contributed by atoms with Crippen molar-refractivity contribution in [3.05, 3.63) is 115 Å². The Morgan fingerprint density at radius 1 is 0.948 bits per heavy atom. The molecule has 0 spiro atoms. The number of aromatic nitrogens is 3. The van der Waals surface area contributed by atoms with Crippen molar-refractivity contribution < 1.29 is 19.1 Å². The number of amides is 3. The summed E-state index contributed by atoms with van der Waals surface area (Å²) in [6, 6.07) is 19.8. The van der Waals surface area contributed by atoms with Crippen LogP contribution in [0.5, 0.6) is 0 Å². The number of carbonyl (C=O) groups excluding carboxylic acids is 3.